The maximum Gasteiger partial charge on any atom is 0.251 e. The number of hydrogen-bond donors (Lipinski definition) is 2. The molecule has 0 radical (unpaired) electrons. The van der Waals surface area contributed by atoms with E-state index in [9.17, 15) is 9.59 Å². The zero-order valence-electron chi connectivity index (χ0n) is 15.6. The van der Waals surface area contributed by atoms with Crippen LogP contribution < -0.4 is 20.1 Å². The van der Waals surface area contributed by atoms with E-state index in [1.807, 2.05) is 31.2 Å². The van der Waals surface area contributed by atoms with Gasteiger partial charge in [-0.3, -0.25) is 9.59 Å². The summed E-state index contributed by atoms with van der Waals surface area (Å²) < 4.78 is 11.4. The number of ether oxygens (including phenoxy) is 2. The van der Waals surface area contributed by atoms with Gasteiger partial charge in [-0.15, -0.1) is 0 Å². The summed E-state index contributed by atoms with van der Waals surface area (Å²) in [6.07, 6.45) is 0.610. The molecule has 0 aliphatic carbocycles. The van der Waals surface area contributed by atoms with Crippen LogP contribution in [0.5, 0.6) is 11.5 Å². The normalized spacial score (nSPS) is 10.2. The first-order chi connectivity index (χ1) is 12.9. The molecule has 2 rings (SSSR count). The van der Waals surface area contributed by atoms with Crippen LogP contribution in [0.1, 0.15) is 21.5 Å². The van der Waals surface area contributed by atoms with Crippen molar-refractivity contribution in [2.45, 2.75) is 13.3 Å². The lowest BCUT2D eigenvalue weighted by Crippen LogP contribution is -2.37. The lowest BCUT2D eigenvalue weighted by atomic mass is 10.1. The van der Waals surface area contributed by atoms with E-state index in [1.54, 1.807) is 26.4 Å². The predicted octanol–water partition coefficient (Wildman–Crippen LogP) is 2.86. The summed E-state index contributed by atoms with van der Waals surface area (Å²) >= 11 is 3.49. The highest BCUT2D eigenvalue weighted by molar-refractivity contribution is 9.10. The summed E-state index contributed by atoms with van der Waals surface area (Å²) in [5.41, 5.74) is 2.52. The second kappa shape index (κ2) is 9.97. The Morgan fingerprint density at radius 1 is 1.04 bits per heavy atom. The van der Waals surface area contributed by atoms with Gasteiger partial charge in [-0.2, -0.15) is 0 Å². The monoisotopic (exact) mass is 434 g/mol. The van der Waals surface area contributed by atoms with Crippen molar-refractivity contribution in [2.24, 2.45) is 0 Å². The smallest absolute Gasteiger partial charge is 0.251 e. The second-order valence-corrected chi connectivity index (χ2v) is 6.81. The molecule has 0 bridgehead atoms. The summed E-state index contributed by atoms with van der Waals surface area (Å²) in [6.45, 7) is 2.28. The molecule has 0 heterocycles. The predicted molar refractivity (Wildman–Crippen MR) is 107 cm³/mol. The van der Waals surface area contributed by atoms with Gasteiger partial charge in [0.1, 0.15) is 0 Å². The molecule has 0 aromatic heterocycles. The molecule has 27 heavy (non-hydrogen) atoms. The average molecular weight is 435 g/mol. The van der Waals surface area contributed by atoms with Crippen LogP contribution in [0.15, 0.2) is 40.9 Å². The molecule has 0 aliphatic rings. The number of nitrogens with one attached hydrogen (secondary N) is 2. The molecule has 0 saturated heterocycles. The fourth-order valence-electron chi connectivity index (χ4n) is 2.54. The molecule has 0 spiro atoms. The van der Waals surface area contributed by atoms with Gasteiger partial charge in [-0.1, -0.05) is 33.6 Å². The first-order valence-corrected chi connectivity index (χ1v) is 9.26. The molecular formula is C20H23BrN2O4. The maximum atomic E-state index is 12.0. The van der Waals surface area contributed by atoms with Gasteiger partial charge >= 0.3 is 0 Å². The van der Waals surface area contributed by atoms with Crippen LogP contribution in [0.4, 0.5) is 0 Å². The fraction of sp³-hybridized carbons (Fsp3) is 0.300. The van der Waals surface area contributed by atoms with Crippen LogP contribution in [-0.2, 0) is 11.2 Å². The van der Waals surface area contributed by atoms with E-state index in [-0.39, 0.29) is 18.4 Å². The summed E-state index contributed by atoms with van der Waals surface area (Å²) in [6, 6.07) is 10.9. The topological polar surface area (TPSA) is 76.7 Å². The number of hydrogen-bond acceptors (Lipinski definition) is 4. The maximum absolute atomic E-state index is 12.0. The molecule has 2 aromatic rings. The lowest BCUT2D eigenvalue weighted by Gasteiger charge is -2.12. The Kier molecular flexibility index (Phi) is 7.67. The molecule has 7 heteroatoms. The van der Waals surface area contributed by atoms with Gasteiger partial charge in [0.05, 0.1) is 20.8 Å². The zero-order chi connectivity index (χ0) is 19.8. The number of carbonyl (C=O) groups is 2. The average Bonchev–Trinajstić information content (AvgIpc) is 2.66. The third kappa shape index (κ3) is 5.99. The molecule has 0 saturated carbocycles. The molecule has 2 amide bonds. The summed E-state index contributed by atoms with van der Waals surface area (Å²) in [4.78, 5) is 24.0. The van der Waals surface area contributed by atoms with Gasteiger partial charge < -0.3 is 20.1 Å². The van der Waals surface area contributed by atoms with E-state index in [0.717, 1.165) is 15.6 Å². The van der Waals surface area contributed by atoms with Crippen LogP contribution in [0.25, 0.3) is 0 Å². The first kappa shape index (κ1) is 20.8. The quantitative estimate of drug-likeness (QED) is 0.669. The van der Waals surface area contributed by atoms with Crippen molar-refractivity contribution >= 4 is 27.7 Å². The third-order valence-corrected chi connectivity index (χ3v) is 4.70. The highest BCUT2D eigenvalue weighted by Gasteiger charge is 2.11. The molecule has 0 atom stereocenters. The number of aryl methyl sites for hydroxylation is 1. The fourth-order valence-corrected chi connectivity index (χ4v) is 3.06. The number of halogens is 1. The van der Waals surface area contributed by atoms with Crippen LogP contribution in [-0.4, -0.2) is 39.1 Å². The van der Waals surface area contributed by atoms with E-state index in [4.69, 9.17) is 9.47 Å². The zero-order valence-corrected chi connectivity index (χ0v) is 17.2. The SMILES string of the molecule is COc1cc(Br)c(CCNC(=O)CNC(=O)c2cccc(C)c2)cc1OC. The van der Waals surface area contributed by atoms with Crippen molar-refractivity contribution in [1.82, 2.24) is 10.6 Å². The summed E-state index contributed by atoms with van der Waals surface area (Å²) in [5, 5.41) is 5.42. The van der Waals surface area contributed by atoms with Crippen molar-refractivity contribution in [3.05, 3.63) is 57.6 Å². The minimum atomic E-state index is -0.267. The lowest BCUT2D eigenvalue weighted by molar-refractivity contribution is -0.120. The number of carbonyl (C=O) groups excluding carboxylic acids is 2. The van der Waals surface area contributed by atoms with Crippen LogP contribution in [0.3, 0.4) is 0 Å². The molecule has 144 valence electrons. The summed E-state index contributed by atoms with van der Waals surface area (Å²) in [5.74, 6) is 0.757. The van der Waals surface area contributed by atoms with Gasteiger partial charge in [0, 0.05) is 16.6 Å². The van der Waals surface area contributed by atoms with E-state index in [0.29, 0.717) is 30.0 Å². The molecule has 2 aromatic carbocycles. The number of methoxy groups -OCH3 is 2. The van der Waals surface area contributed by atoms with Crippen LogP contribution in [0, 0.1) is 6.92 Å². The van der Waals surface area contributed by atoms with Gasteiger partial charge in [-0.05, 0) is 43.2 Å². The molecule has 6 nitrogen and oxygen atoms in total. The van der Waals surface area contributed by atoms with Gasteiger partial charge in [0.25, 0.3) is 5.91 Å². The largest absolute Gasteiger partial charge is 0.493 e. The van der Waals surface area contributed by atoms with Gasteiger partial charge in [-0.25, -0.2) is 0 Å². The van der Waals surface area contributed by atoms with E-state index in [2.05, 4.69) is 26.6 Å². The number of rotatable bonds is 8. The molecular weight excluding hydrogens is 412 g/mol. The Labute approximate surface area is 167 Å². The highest BCUT2D eigenvalue weighted by atomic mass is 79.9. The van der Waals surface area contributed by atoms with E-state index in [1.165, 1.54) is 0 Å². The van der Waals surface area contributed by atoms with Crippen molar-refractivity contribution in [3.63, 3.8) is 0 Å². The Balaban J connectivity index is 1.82. The molecule has 0 aliphatic heterocycles. The van der Waals surface area contributed by atoms with Gasteiger partial charge in [0.2, 0.25) is 5.91 Å². The first-order valence-electron chi connectivity index (χ1n) is 8.46. The minimum Gasteiger partial charge on any atom is -0.493 e. The van der Waals surface area contributed by atoms with Crippen molar-refractivity contribution in [2.75, 3.05) is 27.3 Å². The van der Waals surface area contributed by atoms with Crippen molar-refractivity contribution in [1.29, 1.82) is 0 Å². The highest BCUT2D eigenvalue weighted by Crippen LogP contribution is 2.33. The second-order valence-electron chi connectivity index (χ2n) is 5.95. The molecule has 0 unspecified atom stereocenters. The van der Waals surface area contributed by atoms with Crippen molar-refractivity contribution in [3.8, 4) is 11.5 Å². The number of amides is 2. The van der Waals surface area contributed by atoms with Crippen LogP contribution in [0.2, 0.25) is 0 Å². The Morgan fingerprint density at radius 3 is 2.41 bits per heavy atom. The minimum absolute atomic E-state index is 0.0696. The van der Waals surface area contributed by atoms with E-state index < -0.39 is 0 Å². The number of benzene rings is 2. The molecule has 0 fully saturated rings. The van der Waals surface area contributed by atoms with E-state index >= 15 is 0 Å². The Bertz CT molecular complexity index is 824. The standard InChI is InChI=1S/C20H23BrN2O4/c1-13-5-4-6-15(9-13)20(25)23-12-19(24)22-8-7-14-10-17(26-2)18(27-3)11-16(14)21/h4-6,9-11H,7-8,12H2,1-3H3,(H,22,24)(H,23,25). The Hall–Kier alpha value is -2.54. The van der Waals surface area contributed by atoms with Crippen LogP contribution >= 0.6 is 15.9 Å². The van der Waals surface area contributed by atoms with Crippen molar-refractivity contribution < 1.29 is 19.1 Å². The van der Waals surface area contributed by atoms with Gasteiger partial charge in [0.15, 0.2) is 11.5 Å². The third-order valence-electron chi connectivity index (χ3n) is 3.96. The Morgan fingerprint density at radius 2 is 1.74 bits per heavy atom. The summed E-state index contributed by atoms with van der Waals surface area (Å²) in [7, 11) is 3.16. The molecule has 2 N–H and O–H groups in total.